The first-order valence-electron chi connectivity index (χ1n) is 6.21. The van der Waals surface area contributed by atoms with Crippen LogP contribution in [0.1, 0.15) is 35.6 Å². The van der Waals surface area contributed by atoms with Crippen LogP contribution < -0.4 is 5.32 Å². The lowest BCUT2D eigenvalue weighted by Gasteiger charge is -2.14. The van der Waals surface area contributed by atoms with E-state index in [-0.39, 0.29) is 6.04 Å². The molecule has 0 fully saturated rings. The summed E-state index contributed by atoms with van der Waals surface area (Å²) in [6, 6.07) is 8.14. The first kappa shape index (κ1) is 14.6. The van der Waals surface area contributed by atoms with E-state index in [9.17, 15) is 0 Å². The summed E-state index contributed by atoms with van der Waals surface area (Å²) >= 11 is 9.55. The Labute approximate surface area is 127 Å². The van der Waals surface area contributed by atoms with Gasteiger partial charge in [-0.2, -0.15) is 0 Å². The minimum absolute atomic E-state index is 0.239. The lowest BCUT2D eigenvalue weighted by molar-refractivity contribution is 0.489. The predicted molar refractivity (Wildman–Crippen MR) is 82.6 cm³/mol. The van der Waals surface area contributed by atoms with Gasteiger partial charge in [0.1, 0.15) is 11.5 Å². The highest BCUT2D eigenvalue weighted by Gasteiger charge is 2.12. The molecule has 1 unspecified atom stereocenters. The van der Waals surface area contributed by atoms with E-state index in [0.29, 0.717) is 0 Å². The Hall–Kier alpha value is -0.770. The summed E-state index contributed by atoms with van der Waals surface area (Å²) in [4.78, 5) is 0. The molecule has 1 aromatic heterocycles. The third-order valence-corrected chi connectivity index (χ3v) is 4.16. The van der Waals surface area contributed by atoms with Crippen molar-refractivity contribution < 1.29 is 4.42 Å². The van der Waals surface area contributed by atoms with Crippen molar-refractivity contribution in [3.63, 3.8) is 0 Å². The molecule has 2 rings (SSSR count). The summed E-state index contributed by atoms with van der Waals surface area (Å²) in [5.74, 6) is 1.92. The molecule has 0 spiro atoms. The van der Waals surface area contributed by atoms with Crippen molar-refractivity contribution in [3.05, 3.63) is 56.4 Å². The molecule has 1 N–H and O–H groups in total. The normalized spacial score (nSPS) is 12.7. The largest absolute Gasteiger partial charge is 0.466 e. The molecule has 0 bridgehead atoms. The van der Waals surface area contributed by atoms with Crippen molar-refractivity contribution in [2.75, 3.05) is 0 Å². The maximum absolute atomic E-state index is 6.01. The van der Waals surface area contributed by atoms with Crippen LogP contribution in [-0.4, -0.2) is 0 Å². The highest BCUT2D eigenvalue weighted by atomic mass is 79.9. The second-order valence-corrected chi connectivity index (χ2v) is 6.00. The van der Waals surface area contributed by atoms with E-state index >= 15 is 0 Å². The van der Waals surface area contributed by atoms with E-state index in [4.69, 9.17) is 16.0 Å². The molecule has 4 heteroatoms. The maximum Gasteiger partial charge on any atom is 0.105 e. The van der Waals surface area contributed by atoms with Gasteiger partial charge in [0.15, 0.2) is 0 Å². The van der Waals surface area contributed by atoms with Crippen LogP contribution in [0.5, 0.6) is 0 Å². The van der Waals surface area contributed by atoms with Crippen molar-refractivity contribution in [3.8, 4) is 0 Å². The number of benzene rings is 1. The quantitative estimate of drug-likeness (QED) is 0.830. The fourth-order valence-electron chi connectivity index (χ4n) is 2.13. The van der Waals surface area contributed by atoms with Gasteiger partial charge in [0.2, 0.25) is 0 Å². The third-order valence-electron chi connectivity index (χ3n) is 3.15. The van der Waals surface area contributed by atoms with Crippen LogP contribution in [0, 0.1) is 13.8 Å². The average Bonchev–Trinajstić information content (AvgIpc) is 2.69. The van der Waals surface area contributed by atoms with Gasteiger partial charge in [-0.1, -0.05) is 27.5 Å². The van der Waals surface area contributed by atoms with Crippen LogP contribution in [0.2, 0.25) is 5.02 Å². The SMILES string of the molecule is Cc1cc(C(C)NCc2cc(Cl)ccc2Br)c(C)o1. The van der Waals surface area contributed by atoms with E-state index in [1.165, 1.54) is 5.56 Å². The number of nitrogens with one attached hydrogen (secondary N) is 1. The molecule has 19 heavy (non-hydrogen) atoms. The number of aryl methyl sites for hydroxylation is 2. The predicted octanol–water partition coefficient (Wildman–Crippen LogP) is 5.16. The summed E-state index contributed by atoms with van der Waals surface area (Å²) in [6.45, 7) is 6.86. The lowest BCUT2D eigenvalue weighted by Crippen LogP contribution is -2.18. The molecule has 0 aliphatic carbocycles. The van der Waals surface area contributed by atoms with Crippen LogP contribution in [0.25, 0.3) is 0 Å². The number of rotatable bonds is 4. The fraction of sp³-hybridized carbons (Fsp3) is 0.333. The minimum atomic E-state index is 0.239. The number of halogens is 2. The summed E-state index contributed by atoms with van der Waals surface area (Å²) in [5, 5.41) is 4.24. The number of furan rings is 1. The van der Waals surface area contributed by atoms with Crippen LogP contribution in [-0.2, 0) is 6.54 Å². The summed E-state index contributed by atoms with van der Waals surface area (Å²) < 4.78 is 6.63. The highest BCUT2D eigenvalue weighted by molar-refractivity contribution is 9.10. The molecule has 2 nitrogen and oxygen atoms in total. The standard InChI is InChI=1S/C15H17BrClNO/c1-9-6-14(11(3)19-9)10(2)18-8-12-7-13(17)4-5-15(12)16/h4-7,10,18H,8H2,1-3H3. The summed E-state index contributed by atoms with van der Waals surface area (Å²) in [6.07, 6.45) is 0. The smallest absolute Gasteiger partial charge is 0.105 e. The van der Waals surface area contributed by atoms with Crippen molar-refractivity contribution in [1.82, 2.24) is 5.32 Å². The summed E-state index contributed by atoms with van der Waals surface area (Å²) in [5.41, 5.74) is 2.35. The monoisotopic (exact) mass is 341 g/mol. The maximum atomic E-state index is 6.01. The van der Waals surface area contributed by atoms with Crippen LogP contribution in [0.3, 0.4) is 0 Å². The first-order chi connectivity index (χ1) is 8.97. The van der Waals surface area contributed by atoms with Gasteiger partial charge in [0.05, 0.1) is 0 Å². The Balaban J connectivity index is 2.06. The molecular weight excluding hydrogens is 326 g/mol. The molecular formula is C15H17BrClNO. The van der Waals surface area contributed by atoms with Gasteiger partial charge in [-0.3, -0.25) is 0 Å². The third kappa shape index (κ3) is 3.62. The van der Waals surface area contributed by atoms with Gasteiger partial charge in [-0.15, -0.1) is 0 Å². The Morgan fingerprint density at radius 1 is 1.32 bits per heavy atom. The molecule has 0 radical (unpaired) electrons. The van der Waals surface area contributed by atoms with Gasteiger partial charge in [0, 0.05) is 27.6 Å². The molecule has 0 amide bonds. The van der Waals surface area contributed by atoms with Gasteiger partial charge >= 0.3 is 0 Å². The second-order valence-electron chi connectivity index (χ2n) is 4.71. The highest BCUT2D eigenvalue weighted by Crippen LogP contribution is 2.24. The molecule has 1 aromatic carbocycles. The molecule has 1 heterocycles. The van der Waals surface area contributed by atoms with Crippen molar-refractivity contribution in [2.45, 2.75) is 33.4 Å². The minimum Gasteiger partial charge on any atom is -0.466 e. The average molecular weight is 343 g/mol. The van der Waals surface area contributed by atoms with Crippen molar-refractivity contribution in [1.29, 1.82) is 0 Å². The van der Waals surface area contributed by atoms with Gasteiger partial charge < -0.3 is 9.73 Å². The summed E-state index contributed by atoms with van der Waals surface area (Å²) in [7, 11) is 0. The molecule has 1 atom stereocenters. The zero-order chi connectivity index (χ0) is 14.0. The molecule has 0 saturated heterocycles. The molecule has 0 aliphatic rings. The van der Waals surface area contributed by atoms with Gasteiger partial charge in [-0.25, -0.2) is 0 Å². The lowest BCUT2D eigenvalue weighted by atomic mass is 10.1. The van der Waals surface area contributed by atoms with E-state index in [0.717, 1.165) is 33.1 Å². The zero-order valence-corrected chi connectivity index (χ0v) is 13.6. The van der Waals surface area contributed by atoms with E-state index < -0.39 is 0 Å². The van der Waals surface area contributed by atoms with Crippen molar-refractivity contribution in [2.24, 2.45) is 0 Å². The molecule has 0 aliphatic heterocycles. The van der Waals surface area contributed by atoms with Crippen molar-refractivity contribution >= 4 is 27.5 Å². The Morgan fingerprint density at radius 2 is 2.05 bits per heavy atom. The Morgan fingerprint density at radius 3 is 2.68 bits per heavy atom. The second kappa shape index (κ2) is 6.12. The topological polar surface area (TPSA) is 25.2 Å². The Bertz CT molecular complexity index is 580. The van der Waals surface area contributed by atoms with Crippen LogP contribution >= 0.6 is 27.5 Å². The first-order valence-corrected chi connectivity index (χ1v) is 7.38. The fourth-order valence-corrected chi connectivity index (χ4v) is 2.71. The molecule has 2 aromatic rings. The zero-order valence-electron chi connectivity index (χ0n) is 11.3. The van der Waals surface area contributed by atoms with E-state index in [1.807, 2.05) is 32.0 Å². The van der Waals surface area contributed by atoms with Crippen LogP contribution in [0.4, 0.5) is 0 Å². The van der Waals surface area contributed by atoms with Gasteiger partial charge in [0.25, 0.3) is 0 Å². The number of hydrogen-bond donors (Lipinski definition) is 1. The molecule has 0 saturated carbocycles. The number of hydrogen-bond acceptors (Lipinski definition) is 2. The van der Waals surface area contributed by atoms with E-state index in [2.05, 4.69) is 34.2 Å². The van der Waals surface area contributed by atoms with Crippen LogP contribution in [0.15, 0.2) is 33.2 Å². The Kier molecular flexibility index (Phi) is 4.71. The molecule has 102 valence electrons. The van der Waals surface area contributed by atoms with E-state index in [1.54, 1.807) is 0 Å². The van der Waals surface area contributed by atoms with Gasteiger partial charge in [-0.05, 0) is 50.6 Å².